The van der Waals surface area contributed by atoms with E-state index in [-0.39, 0.29) is 4.75 Å². The number of fused-ring (bicyclic) bond motifs is 1. The molecule has 1 aromatic carbocycles. The fourth-order valence-electron chi connectivity index (χ4n) is 1.54. The van der Waals surface area contributed by atoms with Crippen molar-refractivity contribution in [3.05, 3.63) is 33.6 Å². The summed E-state index contributed by atoms with van der Waals surface area (Å²) < 4.78 is 18.0. The first-order chi connectivity index (χ1) is 8.89. The van der Waals surface area contributed by atoms with Crippen LogP contribution in [-0.4, -0.2) is 15.5 Å². The molecule has 0 spiro atoms. The summed E-state index contributed by atoms with van der Waals surface area (Å²) in [7, 11) is 0. The highest BCUT2D eigenvalue weighted by molar-refractivity contribution is 9.10. The van der Waals surface area contributed by atoms with Crippen molar-refractivity contribution in [2.24, 2.45) is 4.40 Å². The Kier molecular flexibility index (Phi) is 4.71. The third-order valence-electron chi connectivity index (χ3n) is 2.57. The van der Waals surface area contributed by atoms with Crippen molar-refractivity contribution in [2.75, 3.05) is 0 Å². The topological polar surface area (TPSA) is 35.4 Å². The van der Waals surface area contributed by atoms with Crippen LogP contribution in [0, 0.1) is 0 Å². The smallest absolute Gasteiger partial charge is 0.144 e. The zero-order valence-corrected chi connectivity index (χ0v) is 14.4. The molecule has 2 nitrogen and oxygen atoms in total. The highest BCUT2D eigenvalue weighted by Crippen LogP contribution is 2.35. The molecule has 0 fully saturated rings. The van der Waals surface area contributed by atoms with Crippen LogP contribution >= 0.6 is 27.3 Å². The quantitative estimate of drug-likeness (QED) is 0.577. The molecule has 2 rings (SSSR count). The van der Waals surface area contributed by atoms with Gasteiger partial charge < -0.3 is 4.55 Å². The first-order valence-electron chi connectivity index (χ1n) is 6.00. The van der Waals surface area contributed by atoms with Crippen molar-refractivity contribution in [2.45, 2.75) is 31.9 Å². The summed E-state index contributed by atoms with van der Waals surface area (Å²) in [4.78, 5) is 1.22. The van der Waals surface area contributed by atoms with Crippen LogP contribution in [0.1, 0.15) is 25.6 Å². The van der Waals surface area contributed by atoms with Gasteiger partial charge in [0, 0.05) is 25.9 Å². The normalized spacial score (nSPS) is 14.4. The highest BCUT2D eigenvalue weighted by Gasteiger charge is 2.25. The monoisotopic (exact) mass is 357 g/mol. The van der Waals surface area contributed by atoms with Crippen LogP contribution < -0.4 is 0 Å². The molecule has 0 radical (unpaired) electrons. The van der Waals surface area contributed by atoms with E-state index in [1.165, 1.54) is 15.0 Å². The van der Waals surface area contributed by atoms with Gasteiger partial charge in [-0.25, -0.2) is 0 Å². The molecule has 0 amide bonds. The van der Waals surface area contributed by atoms with Crippen molar-refractivity contribution in [3.63, 3.8) is 0 Å². The van der Waals surface area contributed by atoms with Crippen molar-refractivity contribution in [1.82, 2.24) is 0 Å². The van der Waals surface area contributed by atoms with Gasteiger partial charge in [-0.2, -0.15) is 0 Å². The third kappa shape index (κ3) is 3.60. The molecule has 1 heterocycles. The van der Waals surface area contributed by atoms with E-state index in [0.29, 0.717) is 6.42 Å². The van der Waals surface area contributed by atoms with Gasteiger partial charge in [0.2, 0.25) is 0 Å². The summed E-state index contributed by atoms with van der Waals surface area (Å²) in [5.41, 5.74) is 0. The summed E-state index contributed by atoms with van der Waals surface area (Å²) in [5.74, 6) is 0. The average Bonchev–Trinajstić information content (AvgIpc) is 2.66. The maximum atomic E-state index is 11.8. The van der Waals surface area contributed by atoms with Gasteiger partial charge in [-0.3, -0.25) is 0 Å². The Balaban J connectivity index is 2.14. The first-order valence-corrected chi connectivity index (χ1v) is 8.71. The lowest BCUT2D eigenvalue weighted by atomic mass is 10.2. The van der Waals surface area contributed by atoms with Gasteiger partial charge in [-0.15, -0.1) is 11.3 Å². The van der Waals surface area contributed by atoms with Crippen LogP contribution in [0.15, 0.2) is 33.1 Å². The first kappa shape index (κ1) is 15.0. The number of halogens is 1. The van der Waals surface area contributed by atoms with Gasteiger partial charge >= 0.3 is 0 Å². The Morgan fingerprint density at radius 1 is 1.37 bits per heavy atom. The van der Waals surface area contributed by atoms with E-state index in [9.17, 15) is 4.55 Å². The average molecular weight is 358 g/mol. The molecule has 0 aliphatic rings. The largest absolute Gasteiger partial charge is 0.591 e. The van der Waals surface area contributed by atoms with Crippen molar-refractivity contribution in [1.29, 1.82) is 0 Å². The fraction of sp³-hybridized carbons (Fsp3) is 0.357. The molecular formula is C14H16BrNOS2. The Labute approximate surface area is 129 Å². The van der Waals surface area contributed by atoms with Crippen LogP contribution in [0.25, 0.3) is 10.1 Å². The Hall–Kier alpha value is -0.360. The lowest BCUT2D eigenvalue weighted by molar-refractivity contribution is 0.561. The maximum absolute atomic E-state index is 11.8. The Morgan fingerprint density at radius 3 is 2.68 bits per heavy atom. The van der Waals surface area contributed by atoms with E-state index < -0.39 is 11.4 Å². The molecule has 0 saturated carbocycles. The predicted molar refractivity (Wildman–Crippen MR) is 89.6 cm³/mol. The van der Waals surface area contributed by atoms with E-state index in [2.05, 4.69) is 32.5 Å². The Morgan fingerprint density at radius 2 is 2.05 bits per heavy atom. The van der Waals surface area contributed by atoms with Crippen LogP contribution in [0.5, 0.6) is 0 Å². The molecule has 19 heavy (non-hydrogen) atoms. The molecule has 0 N–H and O–H groups in total. The van der Waals surface area contributed by atoms with Gasteiger partial charge in [-0.05, 0) is 42.8 Å². The second-order valence-electron chi connectivity index (χ2n) is 5.19. The summed E-state index contributed by atoms with van der Waals surface area (Å²) in [6, 6.07) is 8.28. The number of hydrogen-bond donors (Lipinski definition) is 0. The number of nitrogens with zero attached hydrogens (tertiary/aromatic N) is 1. The number of benzene rings is 1. The minimum Gasteiger partial charge on any atom is -0.591 e. The lowest BCUT2D eigenvalue weighted by Gasteiger charge is -2.17. The van der Waals surface area contributed by atoms with E-state index >= 15 is 0 Å². The van der Waals surface area contributed by atoms with Gasteiger partial charge in [0.1, 0.15) is 16.1 Å². The van der Waals surface area contributed by atoms with Crippen LogP contribution in [0.4, 0.5) is 0 Å². The third-order valence-corrected chi connectivity index (χ3v) is 6.32. The highest BCUT2D eigenvalue weighted by atomic mass is 79.9. The molecule has 1 atom stereocenters. The summed E-state index contributed by atoms with van der Waals surface area (Å²) >= 11 is 4.20. The summed E-state index contributed by atoms with van der Waals surface area (Å²) in [6.45, 7) is 5.78. The van der Waals surface area contributed by atoms with Crippen molar-refractivity contribution in [3.8, 4) is 0 Å². The second kappa shape index (κ2) is 5.95. The summed E-state index contributed by atoms with van der Waals surface area (Å²) in [5, 5.41) is 1.23. The van der Waals surface area contributed by atoms with Gasteiger partial charge in [0.25, 0.3) is 0 Å². The van der Waals surface area contributed by atoms with Crippen LogP contribution in [0.3, 0.4) is 0 Å². The number of hydrogen-bond acceptors (Lipinski definition) is 3. The van der Waals surface area contributed by atoms with E-state index in [1.54, 1.807) is 17.6 Å². The molecular weight excluding hydrogens is 342 g/mol. The van der Waals surface area contributed by atoms with Crippen LogP contribution in [0.2, 0.25) is 0 Å². The Bertz CT molecular complexity index is 601. The van der Waals surface area contributed by atoms with E-state index in [0.717, 1.165) is 4.47 Å². The van der Waals surface area contributed by atoms with Gasteiger partial charge in [0.05, 0.1) is 6.21 Å². The molecule has 0 bridgehead atoms. The zero-order chi connectivity index (χ0) is 14.0. The van der Waals surface area contributed by atoms with Crippen LogP contribution in [-0.2, 0) is 17.8 Å². The maximum Gasteiger partial charge on any atom is 0.144 e. The molecule has 1 aromatic heterocycles. The minimum atomic E-state index is -1.18. The lowest BCUT2D eigenvalue weighted by Crippen LogP contribution is -2.25. The summed E-state index contributed by atoms with van der Waals surface area (Å²) in [6.07, 6.45) is 2.47. The number of rotatable bonds is 3. The predicted octanol–water partition coefficient (Wildman–Crippen LogP) is 4.74. The van der Waals surface area contributed by atoms with E-state index in [1.807, 2.05) is 32.9 Å². The van der Waals surface area contributed by atoms with Crippen molar-refractivity contribution >= 4 is 54.9 Å². The standard InChI is InChI=1S/C14H16BrNOS2/c1-14(2,3)19(17)16-9-8-12-13(15)10-6-4-5-7-11(10)18-12/h4-7,9H,8H2,1-3H3/b16-9+. The molecule has 102 valence electrons. The molecule has 1 unspecified atom stereocenters. The molecule has 0 aliphatic carbocycles. The zero-order valence-electron chi connectivity index (χ0n) is 11.1. The molecule has 0 saturated heterocycles. The van der Waals surface area contributed by atoms with Gasteiger partial charge in [-0.1, -0.05) is 22.6 Å². The van der Waals surface area contributed by atoms with Crippen molar-refractivity contribution < 1.29 is 4.55 Å². The van der Waals surface area contributed by atoms with E-state index in [4.69, 9.17) is 0 Å². The van der Waals surface area contributed by atoms with Gasteiger partial charge in [0.15, 0.2) is 0 Å². The number of thiophene rings is 1. The SMILES string of the molecule is CC(C)(C)[S+]([O-])/N=C/Cc1sc2ccccc2c1Br. The molecule has 0 aliphatic heterocycles. The second-order valence-corrected chi connectivity index (χ2v) is 9.05. The minimum absolute atomic E-state index is 0.298. The molecule has 5 heteroatoms. The fourth-order valence-corrected chi connectivity index (χ4v) is 4.00. The molecule has 2 aromatic rings.